The molecule has 2 aromatic carbocycles. The van der Waals surface area contributed by atoms with Crippen LogP contribution in [0.2, 0.25) is 0 Å². The maximum absolute atomic E-state index is 9.39. The molecule has 0 saturated heterocycles. The molecule has 2 heteroatoms. The molecule has 0 aliphatic carbocycles. The van der Waals surface area contributed by atoms with Gasteiger partial charge in [0.25, 0.3) is 0 Å². The summed E-state index contributed by atoms with van der Waals surface area (Å²) in [6, 6.07) is 18.1. The zero-order valence-electron chi connectivity index (χ0n) is 10.7. The highest BCUT2D eigenvalue weighted by Gasteiger charge is 2.09. The molecule has 1 N–H and O–H groups in total. The Morgan fingerprint density at radius 3 is 1.94 bits per heavy atom. The van der Waals surface area contributed by atoms with Gasteiger partial charge in [0.05, 0.1) is 6.10 Å². The Bertz CT molecular complexity index is 474. The van der Waals surface area contributed by atoms with Gasteiger partial charge in [-0.15, -0.1) is 0 Å². The first-order chi connectivity index (χ1) is 8.66. The summed E-state index contributed by atoms with van der Waals surface area (Å²) in [4.78, 5) is 0. The molecule has 2 rings (SSSR count). The fourth-order valence-corrected chi connectivity index (χ4v) is 1.67. The fourth-order valence-electron chi connectivity index (χ4n) is 1.67. The van der Waals surface area contributed by atoms with E-state index in [1.807, 2.05) is 49.4 Å². The van der Waals surface area contributed by atoms with Crippen LogP contribution < -0.4 is 4.74 Å². The lowest BCUT2D eigenvalue weighted by Crippen LogP contribution is -2.25. The molecule has 1 unspecified atom stereocenters. The average molecular weight is 242 g/mol. The highest BCUT2D eigenvalue weighted by atomic mass is 16.5. The Labute approximate surface area is 108 Å². The average Bonchev–Trinajstić information content (AvgIpc) is 2.40. The Morgan fingerprint density at radius 1 is 0.833 bits per heavy atom. The van der Waals surface area contributed by atoms with E-state index in [1.54, 1.807) is 6.92 Å². The summed E-state index contributed by atoms with van der Waals surface area (Å²) in [6.07, 6.45) is -0.675. The largest absolute Gasteiger partial charge is 0.488 e. The van der Waals surface area contributed by atoms with Crippen molar-refractivity contribution in [3.63, 3.8) is 0 Å². The van der Waals surface area contributed by atoms with Crippen molar-refractivity contribution >= 4 is 0 Å². The number of benzene rings is 2. The smallest absolute Gasteiger partial charge is 0.121 e. The van der Waals surface area contributed by atoms with E-state index in [9.17, 15) is 5.11 Å². The van der Waals surface area contributed by atoms with E-state index in [-0.39, 0.29) is 6.10 Å². The maximum Gasteiger partial charge on any atom is 0.121 e. The number of ether oxygens (including phenoxy) is 1. The molecular formula is C16H18O2. The Morgan fingerprint density at radius 2 is 1.39 bits per heavy atom. The van der Waals surface area contributed by atoms with E-state index >= 15 is 0 Å². The Hall–Kier alpha value is -1.80. The molecule has 2 aromatic rings. The SMILES string of the molecule is CC(Oc1ccc(-c2ccccc2)cc1)[C@@H](C)O. The topological polar surface area (TPSA) is 29.5 Å². The molecule has 0 bridgehead atoms. The molecule has 0 heterocycles. The van der Waals surface area contributed by atoms with Gasteiger partial charge in [-0.2, -0.15) is 0 Å². The number of aliphatic hydroxyl groups excluding tert-OH is 1. The standard InChI is InChI=1S/C16H18O2/c1-12(17)13(2)18-16-10-8-15(9-11-16)14-6-4-3-5-7-14/h3-13,17H,1-2H3/t12-,13?/m1/s1. The zero-order chi connectivity index (χ0) is 13.0. The lowest BCUT2D eigenvalue weighted by Gasteiger charge is -2.17. The van der Waals surface area contributed by atoms with Crippen LogP contribution in [-0.2, 0) is 0 Å². The molecule has 0 amide bonds. The summed E-state index contributed by atoms with van der Waals surface area (Å²) in [5, 5.41) is 9.39. The third kappa shape index (κ3) is 3.11. The van der Waals surface area contributed by atoms with Gasteiger partial charge in [0, 0.05) is 0 Å². The molecule has 94 valence electrons. The van der Waals surface area contributed by atoms with Crippen molar-refractivity contribution in [3.8, 4) is 16.9 Å². The van der Waals surface area contributed by atoms with Gasteiger partial charge in [-0.05, 0) is 37.1 Å². The Kier molecular flexibility index (Phi) is 4.00. The minimum absolute atomic E-state index is 0.201. The van der Waals surface area contributed by atoms with E-state index in [4.69, 9.17) is 4.74 Å². The lowest BCUT2D eigenvalue weighted by atomic mass is 10.1. The highest BCUT2D eigenvalue weighted by Crippen LogP contribution is 2.22. The molecule has 0 fully saturated rings. The molecule has 18 heavy (non-hydrogen) atoms. The van der Waals surface area contributed by atoms with Crippen molar-refractivity contribution < 1.29 is 9.84 Å². The molecule has 2 atom stereocenters. The Balaban J connectivity index is 2.11. The van der Waals surface area contributed by atoms with Crippen LogP contribution in [0, 0.1) is 0 Å². The van der Waals surface area contributed by atoms with Gasteiger partial charge in [-0.25, -0.2) is 0 Å². The first-order valence-electron chi connectivity index (χ1n) is 6.17. The minimum Gasteiger partial charge on any atom is -0.488 e. The summed E-state index contributed by atoms with van der Waals surface area (Å²) in [5.41, 5.74) is 2.35. The molecule has 2 nitrogen and oxygen atoms in total. The summed E-state index contributed by atoms with van der Waals surface area (Å²) < 4.78 is 5.62. The normalized spacial score (nSPS) is 13.9. The number of hydrogen-bond donors (Lipinski definition) is 1. The molecule has 0 aliphatic rings. The highest BCUT2D eigenvalue weighted by molar-refractivity contribution is 5.63. The van der Waals surface area contributed by atoms with Crippen LogP contribution >= 0.6 is 0 Å². The van der Waals surface area contributed by atoms with Gasteiger partial charge < -0.3 is 9.84 Å². The van der Waals surface area contributed by atoms with Gasteiger partial charge in [-0.1, -0.05) is 42.5 Å². The monoisotopic (exact) mass is 242 g/mol. The van der Waals surface area contributed by atoms with Gasteiger partial charge in [0.2, 0.25) is 0 Å². The number of rotatable bonds is 4. The van der Waals surface area contributed by atoms with E-state index < -0.39 is 6.10 Å². The van der Waals surface area contributed by atoms with Crippen LogP contribution in [0.1, 0.15) is 13.8 Å². The summed E-state index contributed by atoms with van der Waals surface area (Å²) >= 11 is 0. The summed E-state index contributed by atoms with van der Waals surface area (Å²) in [5.74, 6) is 0.781. The number of hydrogen-bond acceptors (Lipinski definition) is 2. The maximum atomic E-state index is 9.39. The van der Waals surface area contributed by atoms with E-state index in [0.29, 0.717) is 0 Å². The van der Waals surface area contributed by atoms with Crippen LogP contribution in [0.25, 0.3) is 11.1 Å². The van der Waals surface area contributed by atoms with Crippen molar-refractivity contribution in [3.05, 3.63) is 54.6 Å². The predicted molar refractivity (Wildman–Crippen MR) is 73.6 cm³/mol. The fraction of sp³-hybridized carbons (Fsp3) is 0.250. The second kappa shape index (κ2) is 5.69. The lowest BCUT2D eigenvalue weighted by molar-refractivity contribution is 0.0604. The van der Waals surface area contributed by atoms with Crippen LogP contribution in [0.5, 0.6) is 5.75 Å². The molecule has 0 radical (unpaired) electrons. The second-order valence-corrected chi connectivity index (χ2v) is 4.45. The van der Waals surface area contributed by atoms with Crippen molar-refractivity contribution in [2.24, 2.45) is 0 Å². The molecular weight excluding hydrogens is 224 g/mol. The van der Waals surface area contributed by atoms with Crippen LogP contribution in [0.15, 0.2) is 54.6 Å². The summed E-state index contributed by atoms with van der Waals surface area (Å²) in [7, 11) is 0. The zero-order valence-corrected chi connectivity index (χ0v) is 10.7. The van der Waals surface area contributed by atoms with Crippen molar-refractivity contribution in [2.75, 3.05) is 0 Å². The van der Waals surface area contributed by atoms with Gasteiger partial charge in [-0.3, -0.25) is 0 Å². The van der Waals surface area contributed by atoms with E-state index in [2.05, 4.69) is 12.1 Å². The van der Waals surface area contributed by atoms with Crippen molar-refractivity contribution in [2.45, 2.75) is 26.1 Å². The van der Waals surface area contributed by atoms with Crippen molar-refractivity contribution in [1.29, 1.82) is 0 Å². The minimum atomic E-state index is -0.473. The quantitative estimate of drug-likeness (QED) is 0.889. The van der Waals surface area contributed by atoms with Gasteiger partial charge in [0.15, 0.2) is 0 Å². The molecule has 0 spiro atoms. The summed E-state index contributed by atoms with van der Waals surface area (Å²) in [6.45, 7) is 3.58. The van der Waals surface area contributed by atoms with Crippen LogP contribution in [0.3, 0.4) is 0 Å². The second-order valence-electron chi connectivity index (χ2n) is 4.45. The van der Waals surface area contributed by atoms with Gasteiger partial charge >= 0.3 is 0 Å². The molecule has 0 aromatic heterocycles. The van der Waals surface area contributed by atoms with E-state index in [1.165, 1.54) is 5.56 Å². The van der Waals surface area contributed by atoms with E-state index in [0.717, 1.165) is 11.3 Å². The number of aliphatic hydroxyl groups is 1. The molecule has 0 aliphatic heterocycles. The van der Waals surface area contributed by atoms with Crippen LogP contribution in [-0.4, -0.2) is 17.3 Å². The van der Waals surface area contributed by atoms with Crippen LogP contribution in [0.4, 0.5) is 0 Å². The first kappa shape index (κ1) is 12.7. The van der Waals surface area contributed by atoms with Gasteiger partial charge in [0.1, 0.15) is 11.9 Å². The third-order valence-corrected chi connectivity index (χ3v) is 2.96. The molecule has 0 saturated carbocycles. The first-order valence-corrected chi connectivity index (χ1v) is 6.17. The third-order valence-electron chi connectivity index (χ3n) is 2.96. The predicted octanol–water partition coefficient (Wildman–Crippen LogP) is 3.50. The van der Waals surface area contributed by atoms with Crippen molar-refractivity contribution in [1.82, 2.24) is 0 Å².